The Bertz CT molecular complexity index is 466. The lowest BCUT2D eigenvalue weighted by molar-refractivity contribution is -0.147. The van der Waals surface area contributed by atoms with Gasteiger partial charge in [-0.1, -0.05) is 30.3 Å². The van der Waals surface area contributed by atoms with Gasteiger partial charge in [-0.15, -0.1) is 0 Å². The number of hydrogen-bond donors (Lipinski definition) is 1. The van der Waals surface area contributed by atoms with E-state index in [0.29, 0.717) is 19.8 Å². The Labute approximate surface area is 131 Å². The van der Waals surface area contributed by atoms with Crippen LogP contribution in [0.2, 0.25) is 0 Å². The highest BCUT2D eigenvalue weighted by atomic mass is 16.5. The molecule has 2 aliphatic rings. The number of morpholine rings is 1. The quantitative estimate of drug-likeness (QED) is 0.907. The molecule has 0 spiro atoms. The number of likely N-dealkylation sites (tertiary alicyclic amines) is 1. The fourth-order valence-electron chi connectivity index (χ4n) is 2.96. The lowest BCUT2D eigenvalue weighted by Crippen LogP contribution is -2.51. The van der Waals surface area contributed by atoms with Crippen molar-refractivity contribution in [2.24, 2.45) is 0 Å². The van der Waals surface area contributed by atoms with Crippen LogP contribution in [0.5, 0.6) is 0 Å². The molecule has 0 radical (unpaired) electrons. The van der Waals surface area contributed by atoms with Crippen molar-refractivity contribution < 1.29 is 14.3 Å². The highest BCUT2D eigenvalue weighted by molar-refractivity contribution is 5.81. The molecule has 1 aromatic carbocycles. The number of nitrogens with one attached hydrogen (secondary N) is 1. The second-order valence-electron chi connectivity index (χ2n) is 5.88. The van der Waals surface area contributed by atoms with Gasteiger partial charge < -0.3 is 19.7 Å². The van der Waals surface area contributed by atoms with E-state index in [1.54, 1.807) is 0 Å². The van der Waals surface area contributed by atoms with Crippen molar-refractivity contribution in [2.45, 2.75) is 31.7 Å². The van der Waals surface area contributed by atoms with Crippen molar-refractivity contribution in [3.05, 3.63) is 35.9 Å². The maximum atomic E-state index is 12.4. The van der Waals surface area contributed by atoms with Crippen LogP contribution < -0.4 is 5.32 Å². The van der Waals surface area contributed by atoms with Gasteiger partial charge in [-0.25, -0.2) is 0 Å². The Morgan fingerprint density at radius 1 is 1.27 bits per heavy atom. The molecule has 120 valence electrons. The number of carbonyl (C=O) groups is 1. The van der Waals surface area contributed by atoms with Crippen molar-refractivity contribution in [3.8, 4) is 0 Å². The molecular weight excluding hydrogens is 280 g/mol. The average molecular weight is 304 g/mol. The highest BCUT2D eigenvalue weighted by Crippen LogP contribution is 2.17. The molecule has 0 aromatic heterocycles. The summed E-state index contributed by atoms with van der Waals surface area (Å²) in [5, 5.41) is 3.20. The summed E-state index contributed by atoms with van der Waals surface area (Å²) in [6.45, 7) is 4.25. The fourth-order valence-corrected chi connectivity index (χ4v) is 2.96. The molecule has 2 saturated heterocycles. The summed E-state index contributed by atoms with van der Waals surface area (Å²) in [5.74, 6) is 0.119. The van der Waals surface area contributed by atoms with E-state index < -0.39 is 0 Å². The molecule has 1 atom stereocenters. The number of amides is 1. The van der Waals surface area contributed by atoms with E-state index in [0.717, 1.165) is 32.5 Å². The van der Waals surface area contributed by atoms with E-state index in [1.807, 2.05) is 23.1 Å². The van der Waals surface area contributed by atoms with E-state index in [-0.39, 0.29) is 18.1 Å². The van der Waals surface area contributed by atoms with Gasteiger partial charge >= 0.3 is 0 Å². The summed E-state index contributed by atoms with van der Waals surface area (Å²) >= 11 is 0. The van der Waals surface area contributed by atoms with Gasteiger partial charge in [-0.2, -0.15) is 0 Å². The molecule has 22 heavy (non-hydrogen) atoms. The van der Waals surface area contributed by atoms with Gasteiger partial charge in [0.1, 0.15) is 6.10 Å². The van der Waals surface area contributed by atoms with Crippen LogP contribution in [0, 0.1) is 0 Å². The number of nitrogens with zero attached hydrogens (tertiary/aromatic N) is 1. The summed E-state index contributed by atoms with van der Waals surface area (Å²) in [5.41, 5.74) is 1.20. The zero-order chi connectivity index (χ0) is 15.2. The first-order valence-electron chi connectivity index (χ1n) is 8.09. The van der Waals surface area contributed by atoms with E-state index in [9.17, 15) is 4.79 Å². The van der Waals surface area contributed by atoms with Crippen molar-refractivity contribution in [2.75, 3.05) is 32.8 Å². The first kappa shape index (κ1) is 15.5. The van der Waals surface area contributed by atoms with Crippen LogP contribution in [0.15, 0.2) is 30.3 Å². The Hall–Kier alpha value is -1.43. The summed E-state index contributed by atoms with van der Waals surface area (Å²) in [6.07, 6.45) is 1.74. The number of carbonyl (C=O) groups excluding carboxylic acids is 1. The van der Waals surface area contributed by atoms with Gasteiger partial charge in [0.05, 0.1) is 19.3 Å². The van der Waals surface area contributed by atoms with Crippen molar-refractivity contribution in [1.82, 2.24) is 10.2 Å². The number of benzene rings is 1. The lowest BCUT2D eigenvalue weighted by atomic mass is 10.1. The third kappa shape index (κ3) is 4.06. The summed E-state index contributed by atoms with van der Waals surface area (Å²) < 4.78 is 11.5. The molecule has 2 fully saturated rings. The molecule has 0 bridgehead atoms. The van der Waals surface area contributed by atoms with Crippen LogP contribution in [-0.2, 0) is 20.9 Å². The molecule has 0 saturated carbocycles. The standard InChI is InChI=1S/C17H24N2O3/c20-17(16-12-18-8-11-21-16)19-9-6-15(7-10-19)22-13-14-4-2-1-3-5-14/h1-5,15-16,18H,6-13H2. The first-order valence-corrected chi connectivity index (χ1v) is 8.09. The van der Waals surface area contributed by atoms with Crippen LogP contribution in [0.25, 0.3) is 0 Å². The van der Waals surface area contributed by atoms with Gasteiger partial charge in [0.15, 0.2) is 0 Å². The van der Waals surface area contributed by atoms with Gasteiger partial charge in [0.25, 0.3) is 5.91 Å². The Morgan fingerprint density at radius 3 is 2.73 bits per heavy atom. The Kier molecular flexibility index (Phi) is 5.43. The minimum atomic E-state index is -0.310. The molecule has 3 rings (SSSR count). The summed E-state index contributed by atoms with van der Waals surface area (Å²) in [4.78, 5) is 14.3. The molecule has 5 heteroatoms. The maximum absolute atomic E-state index is 12.4. The van der Waals surface area contributed by atoms with Crippen LogP contribution >= 0.6 is 0 Å². The van der Waals surface area contributed by atoms with E-state index >= 15 is 0 Å². The maximum Gasteiger partial charge on any atom is 0.253 e. The molecule has 1 aromatic rings. The monoisotopic (exact) mass is 304 g/mol. The highest BCUT2D eigenvalue weighted by Gasteiger charge is 2.30. The minimum absolute atomic E-state index is 0.119. The van der Waals surface area contributed by atoms with Crippen LogP contribution in [0.3, 0.4) is 0 Å². The molecular formula is C17H24N2O3. The van der Waals surface area contributed by atoms with Gasteiger partial charge in [-0.3, -0.25) is 4.79 Å². The zero-order valence-corrected chi connectivity index (χ0v) is 12.9. The topological polar surface area (TPSA) is 50.8 Å². The predicted molar refractivity (Wildman–Crippen MR) is 83.4 cm³/mol. The van der Waals surface area contributed by atoms with Gasteiger partial charge in [0.2, 0.25) is 0 Å². The smallest absolute Gasteiger partial charge is 0.253 e. The van der Waals surface area contributed by atoms with E-state index in [4.69, 9.17) is 9.47 Å². The van der Waals surface area contributed by atoms with Crippen LogP contribution in [0.1, 0.15) is 18.4 Å². The number of ether oxygens (including phenoxy) is 2. The molecule has 1 N–H and O–H groups in total. The van der Waals surface area contributed by atoms with Crippen LogP contribution in [-0.4, -0.2) is 55.8 Å². The van der Waals surface area contributed by atoms with E-state index in [2.05, 4.69) is 17.4 Å². The lowest BCUT2D eigenvalue weighted by Gasteiger charge is -2.35. The number of rotatable bonds is 4. The van der Waals surface area contributed by atoms with Crippen molar-refractivity contribution in [1.29, 1.82) is 0 Å². The van der Waals surface area contributed by atoms with Crippen molar-refractivity contribution >= 4 is 5.91 Å². The molecule has 2 heterocycles. The van der Waals surface area contributed by atoms with E-state index in [1.165, 1.54) is 5.56 Å². The minimum Gasteiger partial charge on any atom is -0.373 e. The summed E-state index contributed by atoms with van der Waals surface area (Å²) in [6, 6.07) is 10.2. The SMILES string of the molecule is O=C(C1CNCCO1)N1CCC(OCc2ccccc2)CC1. The van der Waals surface area contributed by atoms with Crippen molar-refractivity contribution in [3.63, 3.8) is 0 Å². The largest absolute Gasteiger partial charge is 0.373 e. The van der Waals surface area contributed by atoms with Crippen LogP contribution in [0.4, 0.5) is 0 Å². The molecule has 1 amide bonds. The first-order chi connectivity index (χ1) is 10.8. The second kappa shape index (κ2) is 7.72. The number of piperidine rings is 1. The molecule has 0 aliphatic carbocycles. The van der Waals surface area contributed by atoms with Gasteiger partial charge in [-0.05, 0) is 18.4 Å². The third-order valence-corrected chi connectivity index (χ3v) is 4.29. The molecule has 1 unspecified atom stereocenters. The third-order valence-electron chi connectivity index (χ3n) is 4.29. The van der Waals surface area contributed by atoms with Gasteiger partial charge in [0, 0.05) is 26.2 Å². The Balaban J connectivity index is 1.41. The second-order valence-corrected chi connectivity index (χ2v) is 5.88. The molecule has 5 nitrogen and oxygen atoms in total. The summed E-state index contributed by atoms with van der Waals surface area (Å²) in [7, 11) is 0. The zero-order valence-electron chi connectivity index (χ0n) is 12.9. The fraction of sp³-hybridized carbons (Fsp3) is 0.588. The Morgan fingerprint density at radius 2 is 2.05 bits per heavy atom. The molecule has 2 aliphatic heterocycles. The number of hydrogen-bond acceptors (Lipinski definition) is 4. The predicted octanol–water partition coefficient (Wildman–Crippen LogP) is 1.18. The average Bonchev–Trinajstić information content (AvgIpc) is 2.61. The normalized spacial score (nSPS) is 23.5.